The molecule has 4 nitrogen and oxygen atoms in total. The van der Waals surface area contributed by atoms with Crippen molar-refractivity contribution in [3.8, 4) is 0 Å². The first-order chi connectivity index (χ1) is 9.61. The second-order valence-electron chi connectivity index (χ2n) is 4.77. The average Bonchev–Trinajstić information content (AvgIpc) is 2.48. The van der Waals surface area contributed by atoms with Crippen LogP contribution in [0.5, 0.6) is 0 Å². The van der Waals surface area contributed by atoms with Crippen LogP contribution in [0.15, 0.2) is 42.7 Å². The molecule has 0 aliphatic heterocycles. The van der Waals surface area contributed by atoms with Gasteiger partial charge in [-0.2, -0.15) is 0 Å². The van der Waals surface area contributed by atoms with Crippen LogP contribution in [0.4, 0.5) is 5.69 Å². The highest BCUT2D eigenvalue weighted by molar-refractivity contribution is 6.00. The molecule has 1 unspecified atom stereocenters. The van der Waals surface area contributed by atoms with E-state index < -0.39 is 0 Å². The number of nitrogens with one attached hydrogen (secondary N) is 2. The van der Waals surface area contributed by atoms with Gasteiger partial charge in [-0.15, -0.1) is 0 Å². The van der Waals surface area contributed by atoms with Crippen LogP contribution in [-0.2, 0) is 0 Å². The molecule has 0 bridgehead atoms. The van der Waals surface area contributed by atoms with Gasteiger partial charge < -0.3 is 10.6 Å². The minimum atomic E-state index is -0.0811. The minimum Gasteiger partial charge on any atom is -0.387 e. The van der Waals surface area contributed by atoms with Crippen molar-refractivity contribution in [3.63, 3.8) is 0 Å². The number of benzene rings is 1. The molecular weight excluding hydrogens is 250 g/mol. The number of carbonyl (C=O) groups excluding carboxylic acids is 1. The van der Waals surface area contributed by atoms with Crippen LogP contribution >= 0.6 is 0 Å². The van der Waals surface area contributed by atoms with E-state index in [0.29, 0.717) is 5.56 Å². The summed E-state index contributed by atoms with van der Waals surface area (Å²) in [7, 11) is 1.81. The molecule has 2 rings (SSSR count). The van der Waals surface area contributed by atoms with Gasteiger partial charge >= 0.3 is 0 Å². The van der Waals surface area contributed by atoms with Crippen LogP contribution in [0, 0.1) is 6.92 Å². The standard InChI is InChI=1S/C16H19N3O/c1-11-4-5-15(17-3)14(10-11)16(20)19-12(2)13-6-8-18-9-7-13/h4-10,12,17H,1-3H3,(H,19,20). The smallest absolute Gasteiger partial charge is 0.253 e. The number of nitrogens with zero attached hydrogens (tertiary/aromatic N) is 1. The summed E-state index contributed by atoms with van der Waals surface area (Å²) in [6, 6.07) is 9.53. The largest absolute Gasteiger partial charge is 0.387 e. The fourth-order valence-electron chi connectivity index (χ4n) is 2.07. The van der Waals surface area contributed by atoms with Crippen LogP contribution < -0.4 is 10.6 Å². The van der Waals surface area contributed by atoms with Crippen molar-refractivity contribution in [3.05, 3.63) is 59.4 Å². The summed E-state index contributed by atoms with van der Waals surface area (Å²) in [6.07, 6.45) is 3.45. The molecule has 20 heavy (non-hydrogen) atoms. The summed E-state index contributed by atoms with van der Waals surface area (Å²) in [5.41, 5.74) is 3.58. The summed E-state index contributed by atoms with van der Waals surface area (Å²) in [5.74, 6) is -0.0811. The number of amides is 1. The van der Waals surface area contributed by atoms with Gasteiger partial charge in [-0.1, -0.05) is 11.6 Å². The first-order valence-corrected chi connectivity index (χ1v) is 6.61. The average molecular weight is 269 g/mol. The van der Waals surface area contributed by atoms with Gasteiger partial charge in [0, 0.05) is 25.1 Å². The molecule has 0 saturated heterocycles. The van der Waals surface area contributed by atoms with Crippen molar-refractivity contribution in [1.82, 2.24) is 10.3 Å². The summed E-state index contributed by atoms with van der Waals surface area (Å²) >= 11 is 0. The number of anilines is 1. The van der Waals surface area contributed by atoms with Gasteiger partial charge in [0.25, 0.3) is 5.91 Å². The fourth-order valence-corrected chi connectivity index (χ4v) is 2.07. The number of rotatable bonds is 4. The Hall–Kier alpha value is -2.36. The van der Waals surface area contributed by atoms with Gasteiger partial charge in [-0.05, 0) is 43.7 Å². The van der Waals surface area contributed by atoms with E-state index in [1.165, 1.54) is 0 Å². The quantitative estimate of drug-likeness (QED) is 0.897. The Morgan fingerprint density at radius 2 is 1.90 bits per heavy atom. The SMILES string of the molecule is CNc1ccc(C)cc1C(=O)NC(C)c1ccncc1. The lowest BCUT2D eigenvalue weighted by Gasteiger charge is -2.16. The molecule has 0 radical (unpaired) electrons. The van der Waals surface area contributed by atoms with Crippen LogP contribution in [0.25, 0.3) is 0 Å². The summed E-state index contributed by atoms with van der Waals surface area (Å²) in [4.78, 5) is 16.4. The maximum absolute atomic E-state index is 12.4. The molecule has 0 spiro atoms. The summed E-state index contributed by atoms with van der Waals surface area (Å²) < 4.78 is 0. The van der Waals surface area contributed by atoms with E-state index in [-0.39, 0.29) is 11.9 Å². The number of hydrogen-bond donors (Lipinski definition) is 2. The van der Waals surface area contributed by atoms with Crippen molar-refractivity contribution in [2.75, 3.05) is 12.4 Å². The van der Waals surface area contributed by atoms with Crippen molar-refractivity contribution in [2.24, 2.45) is 0 Å². The number of pyridine rings is 1. The van der Waals surface area contributed by atoms with Crippen molar-refractivity contribution >= 4 is 11.6 Å². The maximum atomic E-state index is 12.4. The third-order valence-electron chi connectivity index (χ3n) is 3.24. The summed E-state index contributed by atoms with van der Waals surface area (Å²) in [5, 5.41) is 6.05. The lowest BCUT2D eigenvalue weighted by Crippen LogP contribution is -2.27. The molecule has 4 heteroatoms. The predicted octanol–water partition coefficient (Wildman–Crippen LogP) is 2.92. The summed E-state index contributed by atoms with van der Waals surface area (Å²) in [6.45, 7) is 3.94. The minimum absolute atomic E-state index is 0.0595. The molecule has 1 atom stereocenters. The molecule has 1 heterocycles. The molecule has 0 saturated carbocycles. The van der Waals surface area contributed by atoms with Crippen LogP contribution in [0.2, 0.25) is 0 Å². The van der Waals surface area contributed by atoms with Crippen molar-refractivity contribution < 1.29 is 4.79 Å². The molecule has 0 fully saturated rings. The molecule has 0 aliphatic carbocycles. The zero-order chi connectivity index (χ0) is 14.5. The number of carbonyl (C=O) groups is 1. The number of aryl methyl sites for hydroxylation is 1. The number of hydrogen-bond acceptors (Lipinski definition) is 3. The van der Waals surface area contributed by atoms with E-state index >= 15 is 0 Å². The Labute approximate surface area is 119 Å². The Balaban J connectivity index is 2.18. The van der Waals surface area contributed by atoms with E-state index in [1.807, 2.05) is 51.2 Å². The second-order valence-corrected chi connectivity index (χ2v) is 4.77. The monoisotopic (exact) mass is 269 g/mol. The van der Waals surface area contributed by atoms with Gasteiger partial charge in [0.15, 0.2) is 0 Å². The zero-order valence-corrected chi connectivity index (χ0v) is 12.0. The van der Waals surface area contributed by atoms with Gasteiger partial charge in [0.2, 0.25) is 0 Å². The topological polar surface area (TPSA) is 54.0 Å². The Morgan fingerprint density at radius 3 is 2.55 bits per heavy atom. The third kappa shape index (κ3) is 3.15. The lowest BCUT2D eigenvalue weighted by molar-refractivity contribution is 0.0940. The molecule has 1 aromatic heterocycles. The zero-order valence-electron chi connectivity index (χ0n) is 12.0. The Kier molecular flexibility index (Phi) is 4.35. The molecule has 2 N–H and O–H groups in total. The van der Waals surface area contributed by atoms with E-state index in [1.54, 1.807) is 12.4 Å². The highest BCUT2D eigenvalue weighted by Gasteiger charge is 2.14. The van der Waals surface area contributed by atoms with E-state index in [2.05, 4.69) is 15.6 Å². The van der Waals surface area contributed by atoms with Crippen LogP contribution in [0.1, 0.15) is 34.5 Å². The normalized spacial score (nSPS) is 11.8. The molecule has 2 aromatic rings. The first kappa shape index (κ1) is 14.1. The third-order valence-corrected chi connectivity index (χ3v) is 3.24. The highest BCUT2D eigenvalue weighted by Crippen LogP contribution is 2.18. The van der Waals surface area contributed by atoms with Gasteiger partial charge in [-0.25, -0.2) is 0 Å². The first-order valence-electron chi connectivity index (χ1n) is 6.61. The highest BCUT2D eigenvalue weighted by atomic mass is 16.1. The molecule has 0 aliphatic rings. The van der Waals surface area contributed by atoms with Gasteiger partial charge in [0.05, 0.1) is 11.6 Å². The lowest BCUT2D eigenvalue weighted by atomic mass is 10.1. The van der Waals surface area contributed by atoms with Crippen molar-refractivity contribution in [2.45, 2.75) is 19.9 Å². The fraction of sp³-hybridized carbons (Fsp3) is 0.250. The second kappa shape index (κ2) is 6.19. The molecule has 104 valence electrons. The molecule has 1 amide bonds. The van der Waals surface area contributed by atoms with Crippen molar-refractivity contribution in [1.29, 1.82) is 0 Å². The van der Waals surface area contributed by atoms with E-state index in [9.17, 15) is 4.79 Å². The van der Waals surface area contributed by atoms with Gasteiger partial charge in [0.1, 0.15) is 0 Å². The Bertz CT molecular complexity index is 596. The van der Waals surface area contributed by atoms with E-state index in [4.69, 9.17) is 0 Å². The van der Waals surface area contributed by atoms with Crippen LogP contribution in [-0.4, -0.2) is 17.9 Å². The van der Waals surface area contributed by atoms with E-state index in [0.717, 1.165) is 16.8 Å². The predicted molar refractivity (Wildman–Crippen MR) is 80.8 cm³/mol. The number of aromatic nitrogens is 1. The molecular formula is C16H19N3O. The van der Waals surface area contributed by atoms with Crippen LogP contribution in [0.3, 0.4) is 0 Å². The molecule has 1 aromatic carbocycles. The maximum Gasteiger partial charge on any atom is 0.253 e. The van der Waals surface area contributed by atoms with Gasteiger partial charge in [-0.3, -0.25) is 9.78 Å². The Morgan fingerprint density at radius 1 is 1.20 bits per heavy atom.